The van der Waals surface area contributed by atoms with Crippen molar-refractivity contribution in [2.75, 3.05) is 32.7 Å². The lowest BCUT2D eigenvalue weighted by Crippen LogP contribution is -2.19. The van der Waals surface area contributed by atoms with Gasteiger partial charge in [-0.2, -0.15) is 0 Å². The predicted octanol–water partition coefficient (Wildman–Crippen LogP) is 2.06. The van der Waals surface area contributed by atoms with Gasteiger partial charge >= 0.3 is 0 Å². The van der Waals surface area contributed by atoms with E-state index in [9.17, 15) is 9.59 Å². The van der Waals surface area contributed by atoms with Gasteiger partial charge < -0.3 is 20.1 Å². The Morgan fingerprint density at radius 3 is 2.59 bits per heavy atom. The summed E-state index contributed by atoms with van der Waals surface area (Å²) in [7, 11) is 3.06. The first kappa shape index (κ1) is 18.0. The molecular weight excluding hydrogens is 284 g/mol. The number of methoxy groups -OCH3 is 1. The number of ether oxygens (including phenoxy) is 2. The lowest BCUT2D eigenvalue weighted by atomic mass is 10.1. The van der Waals surface area contributed by atoms with Crippen molar-refractivity contribution in [3.8, 4) is 5.75 Å². The summed E-state index contributed by atoms with van der Waals surface area (Å²) >= 11 is 0. The molecule has 1 aromatic rings. The van der Waals surface area contributed by atoms with Crippen LogP contribution in [0.4, 0.5) is 5.69 Å². The summed E-state index contributed by atoms with van der Waals surface area (Å²) in [4.78, 5) is 23.6. The van der Waals surface area contributed by atoms with Gasteiger partial charge in [-0.1, -0.05) is 13.8 Å². The molecule has 0 unspecified atom stereocenters. The van der Waals surface area contributed by atoms with Crippen molar-refractivity contribution in [1.82, 2.24) is 5.32 Å². The topological polar surface area (TPSA) is 76.7 Å². The van der Waals surface area contributed by atoms with Crippen LogP contribution in [0.25, 0.3) is 0 Å². The number of benzene rings is 1. The average Bonchev–Trinajstić information content (AvgIpc) is 2.50. The van der Waals surface area contributed by atoms with Crippen LogP contribution in [0.5, 0.6) is 5.75 Å². The number of anilines is 1. The third kappa shape index (κ3) is 5.73. The van der Waals surface area contributed by atoms with Crippen molar-refractivity contribution in [1.29, 1.82) is 0 Å². The van der Waals surface area contributed by atoms with Crippen LogP contribution in [-0.2, 0) is 9.53 Å². The Balaban J connectivity index is 2.66. The van der Waals surface area contributed by atoms with E-state index in [1.54, 1.807) is 25.2 Å². The molecule has 2 N–H and O–H groups in total. The zero-order valence-electron chi connectivity index (χ0n) is 13.6. The highest BCUT2D eigenvalue weighted by molar-refractivity contribution is 5.98. The molecule has 1 rings (SSSR count). The molecule has 0 fully saturated rings. The molecule has 0 saturated heterocycles. The fourth-order valence-electron chi connectivity index (χ4n) is 1.79. The molecule has 0 saturated carbocycles. The molecule has 6 heteroatoms. The van der Waals surface area contributed by atoms with Gasteiger partial charge in [-0.3, -0.25) is 9.59 Å². The van der Waals surface area contributed by atoms with E-state index in [0.717, 1.165) is 0 Å². The van der Waals surface area contributed by atoms with Gasteiger partial charge in [-0.05, 0) is 24.1 Å². The maximum absolute atomic E-state index is 11.9. The molecule has 22 heavy (non-hydrogen) atoms. The summed E-state index contributed by atoms with van der Waals surface area (Å²) in [6, 6.07) is 4.87. The standard InChI is InChI=1S/C16H24N2O4/c1-11(2)10-22-8-7-15(19)18-13-9-12(16(20)17-3)5-6-14(13)21-4/h5-6,9,11H,7-8,10H2,1-4H3,(H,17,20)(H,18,19). The zero-order chi connectivity index (χ0) is 16.5. The Morgan fingerprint density at radius 1 is 1.27 bits per heavy atom. The maximum atomic E-state index is 11.9. The monoisotopic (exact) mass is 308 g/mol. The van der Waals surface area contributed by atoms with Crippen LogP contribution < -0.4 is 15.4 Å². The molecule has 0 bridgehead atoms. The Labute approximate surface area is 131 Å². The van der Waals surface area contributed by atoms with Gasteiger partial charge in [0.05, 0.1) is 25.8 Å². The smallest absolute Gasteiger partial charge is 0.251 e. The third-order valence-electron chi connectivity index (χ3n) is 2.89. The van der Waals surface area contributed by atoms with Crippen molar-refractivity contribution in [3.05, 3.63) is 23.8 Å². The maximum Gasteiger partial charge on any atom is 0.251 e. The lowest BCUT2D eigenvalue weighted by Gasteiger charge is -2.12. The quantitative estimate of drug-likeness (QED) is 0.721. The summed E-state index contributed by atoms with van der Waals surface area (Å²) in [6.07, 6.45) is 0.250. The molecule has 0 aliphatic rings. The highest BCUT2D eigenvalue weighted by atomic mass is 16.5. The molecule has 0 aromatic heterocycles. The largest absolute Gasteiger partial charge is 0.495 e. The number of rotatable bonds is 8. The van der Waals surface area contributed by atoms with Crippen LogP contribution in [0, 0.1) is 5.92 Å². The number of carbonyl (C=O) groups is 2. The van der Waals surface area contributed by atoms with Gasteiger partial charge in [0.2, 0.25) is 5.91 Å². The minimum Gasteiger partial charge on any atom is -0.495 e. The van der Waals surface area contributed by atoms with Crippen LogP contribution in [-0.4, -0.2) is 39.2 Å². The molecule has 0 aliphatic carbocycles. The Hall–Kier alpha value is -2.08. The molecule has 122 valence electrons. The van der Waals surface area contributed by atoms with E-state index in [4.69, 9.17) is 9.47 Å². The van der Waals surface area contributed by atoms with Crippen LogP contribution in [0.2, 0.25) is 0 Å². The molecule has 0 atom stereocenters. The summed E-state index contributed by atoms with van der Waals surface area (Å²) in [5.41, 5.74) is 0.923. The van der Waals surface area contributed by atoms with E-state index in [0.29, 0.717) is 36.1 Å². The highest BCUT2D eigenvalue weighted by Crippen LogP contribution is 2.25. The average molecular weight is 308 g/mol. The van der Waals surface area contributed by atoms with E-state index in [-0.39, 0.29) is 18.2 Å². The molecule has 6 nitrogen and oxygen atoms in total. The molecule has 1 aromatic carbocycles. The lowest BCUT2D eigenvalue weighted by molar-refractivity contribution is -0.117. The first-order valence-electron chi connectivity index (χ1n) is 7.25. The van der Waals surface area contributed by atoms with Crippen molar-refractivity contribution in [2.24, 2.45) is 5.92 Å². The number of hydrogen-bond donors (Lipinski definition) is 2. The number of nitrogens with one attached hydrogen (secondary N) is 2. The summed E-state index contributed by atoms with van der Waals surface area (Å²) in [5, 5.41) is 5.28. The fourth-order valence-corrected chi connectivity index (χ4v) is 1.79. The normalized spacial score (nSPS) is 10.4. The first-order valence-corrected chi connectivity index (χ1v) is 7.25. The molecule has 0 spiro atoms. The van der Waals surface area contributed by atoms with Gasteiger partial charge in [0.25, 0.3) is 5.91 Å². The number of hydrogen-bond acceptors (Lipinski definition) is 4. The van der Waals surface area contributed by atoms with Crippen molar-refractivity contribution in [2.45, 2.75) is 20.3 Å². The molecular formula is C16H24N2O4. The SMILES string of the molecule is CNC(=O)c1ccc(OC)c(NC(=O)CCOCC(C)C)c1. The molecule has 0 heterocycles. The summed E-state index contributed by atoms with van der Waals surface area (Å²) in [6.45, 7) is 5.09. The van der Waals surface area contributed by atoms with Crippen LogP contribution in [0.3, 0.4) is 0 Å². The second kappa shape index (κ2) is 9.04. The zero-order valence-corrected chi connectivity index (χ0v) is 13.6. The second-order valence-corrected chi connectivity index (χ2v) is 5.26. The summed E-state index contributed by atoms with van der Waals surface area (Å²) in [5.74, 6) is 0.533. The van der Waals surface area contributed by atoms with E-state index in [1.807, 2.05) is 0 Å². The third-order valence-corrected chi connectivity index (χ3v) is 2.89. The van der Waals surface area contributed by atoms with E-state index in [1.165, 1.54) is 7.11 Å². The van der Waals surface area contributed by atoms with Crippen LogP contribution >= 0.6 is 0 Å². The fraction of sp³-hybridized carbons (Fsp3) is 0.500. The van der Waals surface area contributed by atoms with Crippen LogP contribution in [0.15, 0.2) is 18.2 Å². The molecule has 0 radical (unpaired) electrons. The van der Waals surface area contributed by atoms with E-state index in [2.05, 4.69) is 24.5 Å². The second-order valence-electron chi connectivity index (χ2n) is 5.26. The van der Waals surface area contributed by atoms with Gasteiger partial charge in [-0.15, -0.1) is 0 Å². The Bertz CT molecular complexity index is 515. The number of carbonyl (C=O) groups excluding carboxylic acids is 2. The van der Waals surface area contributed by atoms with Crippen LogP contribution in [0.1, 0.15) is 30.6 Å². The minimum atomic E-state index is -0.224. The van der Waals surface area contributed by atoms with Gasteiger partial charge in [-0.25, -0.2) is 0 Å². The van der Waals surface area contributed by atoms with E-state index < -0.39 is 0 Å². The Morgan fingerprint density at radius 2 is 2.00 bits per heavy atom. The van der Waals surface area contributed by atoms with Gasteiger partial charge in [0, 0.05) is 19.2 Å². The van der Waals surface area contributed by atoms with Gasteiger partial charge in [0.1, 0.15) is 5.75 Å². The Kier molecular flexibility index (Phi) is 7.39. The van der Waals surface area contributed by atoms with Gasteiger partial charge in [0.15, 0.2) is 0 Å². The number of amides is 2. The first-order chi connectivity index (χ1) is 10.5. The van der Waals surface area contributed by atoms with Crippen molar-refractivity contribution >= 4 is 17.5 Å². The molecule has 0 aliphatic heterocycles. The highest BCUT2D eigenvalue weighted by Gasteiger charge is 2.11. The van der Waals surface area contributed by atoms with Crippen molar-refractivity contribution < 1.29 is 19.1 Å². The van der Waals surface area contributed by atoms with Crippen molar-refractivity contribution in [3.63, 3.8) is 0 Å². The summed E-state index contributed by atoms with van der Waals surface area (Å²) < 4.78 is 10.6. The predicted molar refractivity (Wildman–Crippen MR) is 85.3 cm³/mol. The van der Waals surface area contributed by atoms with E-state index >= 15 is 0 Å². The minimum absolute atomic E-state index is 0.184. The molecule has 2 amide bonds.